The van der Waals surface area contributed by atoms with Crippen LogP contribution in [0.25, 0.3) is 0 Å². The van der Waals surface area contributed by atoms with Gasteiger partial charge in [-0.05, 0) is 6.42 Å². The van der Waals surface area contributed by atoms with Gasteiger partial charge in [-0.25, -0.2) is 0 Å². The third-order valence-electron chi connectivity index (χ3n) is 0.586. The van der Waals surface area contributed by atoms with Gasteiger partial charge in [0.15, 0.2) is 0 Å². The highest BCUT2D eigenvalue weighted by Crippen LogP contribution is 1.85. The lowest BCUT2D eigenvalue weighted by Gasteiger charge is -1.89. The van der Waals surface area contributed by atoms with E-state index in [2.05, 4.69) is 10.7 Å². The molecule has 0 amide bonds. The van der Waals surface area contributed by atoms with Crippen LogP contribution in [0.15, 0.2) is 0 Å². The van der Waals surface area contributed by atoms with Crippen molar-refractivity contribution in [2.45, 2.75) is 19.8 Å². The van der Waals surface area contributed by atoms with Gasteiger partial charge in [-0.15, -0.1) is 12.4 Å². The minimum Gasteiger partial charge on any atom is -0.373 e. The molecule has 0 aromatic heterocycles. The highest BCUT2D eigenvalue weighted by Gasteiger charge is 1.93. The summed E-state index contributed by atoms with van der Waals surface area (Å²) >= 11 is 0. The Morgan fingerprint density at radius 3 is 2.38 bits per heavy atom. The molecule has 0 rings (SSSR count). The van der Waals surface area contributed by atoms with Gasteiger partial charge in [0, 0.05) is 6.42 Å². The van der Waals surface area contributed by atoms with Crippen molar-refractivity contribution in [1.29, 1.82) is 0 Å². The molecule has 0 bridgehead atoms. The van der Waals surface area contributed by atoms with Crippen LogP contribution >= 0.6 is 12.4 Å². The van der Waals surface area contributed by atoms with Crippen molar-refractivity contribution < 1.29 is 9.63 Å². The van der Waals surface area contributed by atoms with Crippen LogP contribution in [-0.4, -0.2) is 5.97 Å². The van der Waals surface area contributed by atoms with Crippen LogP contribution in [0.4, 0.5) is 0 Å². The minimum atomic E-state index is -0.345. The quantitative estimate of drug-likeness (QED) is 0.571. The fraction of sp³-hybridized carbons (Fsp3) is 0.750. The summed E-state index contributed by atoms with van der Waals surface area (Å²) in [4.78, 5) is 13.9. The zero-order valence-corrected chi connectivity index (χ0v) is 5.53. The topological polar surface area (TPSA) is 52.3 Å². The number of rotatable bonds is 2. The van der Waals surface area contributed by atoms with E-state index >= 15 is 0 Å². The number of carbonyl (C=O) groups excluding carboxylic acids is 1. The molecule has 8 heavy (non-hydrogen) atoms. The van der Waals surface area contributed by atoms with Crippen LogP contribution in [0, 0.1) is 0 Å². The highest BCUT2D eigenvalue weighted by atomic mass is 35.5. The molecule has 0 saturated carbocycles. The van der Waals surface area contributed by atoms with Gasteiger partial charge in [0.05, 0.1) is 0 Å². The van der Waals surface area contributed by atoms with Crippen LogP contribution in [0.5, 0.6) is 0 Å². The summed E-state index contributed by atoms with van der Waals surface area (Å²) in [5.41, 5.74) is 0. The standard InChI is InChI=1S/C4H9NO2.ClH/c1-2-3-4(6)7-5;/h2-3,5H2,1H3;1H. The highest BCUT2D eigenvalue weighted by molar-refractivity contribution is 5.85. The molecule has 0 radical (unpaired) electrons. The Bertz CT molecular complexity index is 67.1. The minimum absolute atomic E-state index is 0. The SMILES string of the molecule is CCCC(=O)ON.Cl. The molecule has 0 aromatic carbocycles. The fourth-order valence-corrected chi connectivity index (χ4v) is 0.263. The van der Waals surface area contributed by atoms with E-state index < -0.39 is 0 Å². The zero-order valence-electron chi connectivity index (χ0n) is 4.72. The van der Waals surface area contributed by atoms with Crippen molar-refractivity contribution in [2.24, 2.45) is 5.90 Å². The average molecular weight is 140 g/mol. The first-order valence-electron chi connectivity index (χ1n) is 2.20. The van der Waals surface area contributed by atoms with E-state index in [-0.39, 0.29) is 18.4 Å². The molecule has 0 unspecified atom stereocenters. The molecule has 0 aliphatic heterocycles. The Hall–Kier alpha value is -0.280. The van der Waals surface area contributed by atoms with Crippen LogP contribution in [0.1, 0.15) is 19.8 Å². The largest absolute Gasteiger partial charge is 0.373 e. The maximum absolute atomic E-state index is 10.1. The lowest BCUT2D eigenvalue weighted by atomic mass is 10.3. The Balaban J connectivity index is 0. The van der Waals surface area contributed by atoms with Gasteiger partial charge in [-0.3, -0.25) is 4.79 Å². The third kappa shape index (κ3) is 5.72. The molecule has 0 heterocycles. The molecule has 50 valence electrons. The Kier molecular flexibility index (Phi) is 8.95. The first-order valence-corrected chi connectivity index (χ1v) is 2.20. The molecule has 0 atom stereocenters. The number of halogens is 1. The summed E-state index contributed by atoms with van der Waals surface area (Å²) in [6, 6.07) is 0. The second-order valence-corrected chi connectivity index (χ2v) is 1.24. The molecule has 0 spiro atoms. The fourth-order valence-electron chi connectivity index (χ4n) is 0.263. The van der Waals surface area contributed by atoms with Gasteiger partial charge in [-0.2, -0.15) is 5.90 Å². The van der Waals surface area contributed by atoms with E-state index in [1.54, 1.807) is 0 Å². The first-order chi connectivity index (χ1) is 3.31. The maximum atomic E-state index is 10.1. The summed E-state index contributed by atoms with van der Waals surface area (Å²) in [7, 11) is 0. The van der Waals surface area contributed by atoms with E-state index in [9.17, 15) is 4.79 Å². The number of carbonyl (C=O) groups is 1. The summed E-state index contributed by atoms with van der Waals surface area (Å²) < 4.78 is 0. The van der Waals surface area contributed by atoms with Gasteiger partial charge in [0.2, 0.25) is 0 Å². The Morgan fingerprint density at radius 1 is 1.75 bits per heavy atom. The average Bonchev–Trinajstić information content (AvgIpc) is 1.68. The predicted molar refractivity (Wildman–Crippen MR) is 32.4 cm³/mol. The molecule has 3 nitrogen and oxygen atoms in total. The van der Waals surface area contributed by atoms with Crippen molar-refractivity contribution in [3.8, 4) is 0 Å². The molecular formula is C4H10ClNO2. The normalized spacial score (nSPS) is 7.25. The Morgan fingerprint density at radius 2 is 2.25 bits per heavy atom. The van der Waals surface area contributed by atoms with Crippen molar-refractivity contribution in [3.63, 3.8) is 0 Å². The van der Waals surface area contributed by atoms with E-state index in [4.69, 9.17) is 0 Å². The van der Waals surface area contributed by atoms with Gasteiger partial charge in [0.25, 0.3) is 0 Å². The molecule has 0 aliphatic carbocycles. The Labute approximate surface area is 54.6 Å². The molecule has 0 saturated heterocycles. The van der Waals surface area contributed by atoms with Gasteiger partial charge >= 0.3 is 5.97 Å². The van der Waals surface area contributed by atoms with Crippen molar-refractivity contribution in [1.82, 2.24) is 0 Å². The van der Waals surface area contributed by atoms with Crippen LogP contribution in [-0.2, 0) is 9.63 Å². The predicted octanol–water partition coefficient (Wildman–Crippen LogP) is 0.625. The summed E-state index contributed by atoms with van der Waals surface area (Å²) in [6.45, 7) is 1.89. The number of nitrogens with two attached hydrogens (primary N) is 1. The van der Waals surface area contributed by atoms with Crippen LogP contribution < -0.4 is 5.90 Å². The smallest absolute Gasteiger partial charge is 0.324 e. The zero-order chi connectivity index (χ0) is 5.70. The monoisotopic (exact) mass is 139 g/mol. The van der Waals surface area contributed by atoms with Crippen molar-refractivity contribution in [2.75, 3.05) is 0 Å². The van der Waals surface area contributed by atoms with Crippen molar-refractivity contribution >= 4 is 18.4 Å². The van der Waals surface area contributed by atoms with E-state index in [1.807, 2.05) is 6.92 Å². The molecule has 0 aliphatic rings. The number of hydrogen-bond acceptors (Lipinski definition) is 3. The van der Waals surface area contributed by atoms with E-state index in [1.165, 1.54) is 0 Å². The lowest BCUT2D eigenvalue weighted by Crippen LogP contribution is -2.08. The molecule has 4 heteroatoms. The summed E-state index contributed by atoms with van der Waals surface area (Å²) in [6.07, 6.45) is 1.20. The lowest BCUT2D eigenvalue weighted by molar-refractivity contribution is -0.144. The summed E-state index contributed by atoms with van der Waals surface area (Å²) in [5.74, 6) is 4.16. The molecular weight excluding hydrogens is 130 g/mol. The van der Waals surface area contributed by atoms with E-state index in [0.29, 0.717) is 6.42 Å². The molecule has 2 N–H and O–H groups in total. The van der Waals surface area contributed by atoms with Gasteiger partial charge in [0.1, 0.15) is 0 Å². The van der Waals surface area contributed by atoms with E-state index in [0.717, 1.165) is 6.42 Å². The second-order valence-electron chi connectivity index (χ2n) is 1.24. The maximum Gasteiger partial charge on any atom is 0.324 e. The number of hydrogen-bond donors (Lipinski definition) is 1. The molecule has 0 fully saturated rings. The van der Waals surface area contributed by atoms with Gasteiger partial charge < -0.3 is 4.84 Å². The summed E-state index contributed by atoms with van der Waals surface area (Å²) in [5, 5.41) is 0. The third-order valence-corrected chi connectivity index (χ3v) is 0.586. The van der Waals surface area contributed by atoms with Crippen LogP contribution in [0.3, 0.4) is 0 Å². The van der Waals surface area contributed by atoms with Gasteiger partial charge in [-0.1, -0.05) is 6.92 Å². The van der Waals surface area contributed by atoms with Crippen LogP contribution in [0.2, 0.25) is 0 Å². The molecule has 0 aromatic rings. The first kappa shape index (κ1) is 10.7. The van der Waals surface area contributed by atoms with Crippen molar-refractivity contribution in [3.05, 3.63) is 0 Å². The second kappa shape index (κ2) is 6.72.